The highest BCUT2D eigenvalue weighted by atomic mass is 32.2. The largest absolute Gasteiger partial charge is 0.325 e. The summed E-state index contributed by atoms with van der Waals surface area (Å²) in [5.74, 6) is -0.247. The lowest BCUT2D eigenvalue weighted by atomic mass is 10.1. The monoisotopic (exact) mass is 381 g/mol. The quantitative estimate of drug-likeness (QED) is 0.860. The van der Waals surface area contributed by atoms with Crippen LogP contribution in [0.1, 0.15) is 24.5 Å². The number of amides is 2. The Bertz CT molecular complexity index is 880. The number of aliphatic imine (C=N–C) groups is 1. The number of aryl methyl sites for hydroxylation is 2. The van der Waals surface area contributed by atoms with Crippen LogP contribution in [0.4, 0.5) is 11.4 Å². The van der Waals surface area contributed by atoms with Crippen LogP contribution in [-0.2, 0) is 9.59 Å². The van der Waals surface area contributed by atoms with Gasteiger partial charge in [-0.1, -0.05) is 47.7 Å². The average molecular weight is 382 g/mol. The molecular formula is C21H23N3O2S. The van der Waals surface area contributed by atoms with Gasteiger partial charge in [-0.2, -0.15) is 0 Å². The van der Waals surface area contributed by atoms with E-state index in [-0.39, 0.29) is 18.2 Å². The van der Waals surface area contributed by atoms with E-state index in [1.165, 1.54) is 11.8 Å². The second-order valence-electron chi connectivity index (χ2n) is 6.49. The summed E-state index contributed by atoms with van der Waals surface area (Å²) in [5.41, 5.74) is 3.69. The van der Waals surface area contributed by atoms with E-state index < -0.39 is 5.25 Å². The third kappa shape index (κ3) is 4.57. The van der Waals surface area contributed by atoms with E-state index in [1.807, 2.05) is 69.3 Å². The first-order valence-electron chi connectivity index (χ1n) is 8.97. The SMILES string of the molecule is CCN1C(=O)CC(C(=O)Nc2ccc(C)cc2C)SC1=Nc1ccccc1. The Labute approximate surface area is 163 Å². The van der Waals surface area contributed by atoms with Crippen molar-refractivity contribution < 1.29 is 9.59 Å². The number of thioether (sulfide) groups is 1. The normalized spacial score (nSPS) is 18.6. The van der Waals surface area contributed by atoms with Crippen LogP contribution in [0.5, 0.6) is 0 Å². The smallest absolute Gasteiger partial charge is 0.238 e. The van der Waals surface area contributed by atoms with Crippen molar-refractivity contribution in [1.82, 2.24) is 4.90 Å². The van der Waals surface area contributed by atoms with Crippen molar-refractivity contribution in [3.05, 3.63) is 59.7 Å². The fraction of sp³-hybridized carbons (Fsp3) is 0.286. The first-order valence-corrected chi connectivity index (χ1v) is 9.84. The first-order chi connectivity index (χ1) is 13.0. The second-order valence-corrected chi connectivity index (χ2v) is 7.66. The van der Waals surface area contributed by atoms with E-state index in [0.717, 1.165) is 22.5 Å². The minimum absolute atomic E-state index is 0.0771. The number of nitrogens with zero attached hydrogens (tertiary/aromatic N) is 2. The van der Waals surface area contributed by atoms with Gasteiger partial charge in [0.05, 0.1) is 5.69 Å². The topological polar surface area (TPSA) is 61.8 Å². The van der Waals surface area contributed by atoms with Crippen molar-refractivity contribution in [3.63, 3.8) is 0 Å². The zero-order valence-electron chi connectivity index (χ0n) is 15.7. The standard InChI is InChI=1S/C21H23N3O2S/c1-4-24-19(25)13-18(27-21(24)22-16-8-6-5-7-9-16)20(26)23-17-11-10-14(2)12-15(17)3/h5-12,18H,4,13H2,1-3H3,(H,23,26). The minimum Gasteiger partial charge on any atom is -0.325 e. The molecule has 140 valence electrons. The number of benzene rings is 2. The van der Waals surface area contributed by atoms with Gasteiger partial charge >= 0.3 is 0 Å². The summed E-state index contributed by atoms with van der Waals surface area (Å²) in [4.78, 5) is 31.6. The summed E-state index contributed by atoms with van der Waals surface area (Å²) in [5, 5.41) is 3.03. The highest BCUT2D eigenvalue weighted by Gasteiger charge is 2.35. The fourth-order valence-corrected chi connectivity index (χ4v) is 4.10. The molecule has 2 aromatic rings. The predicted octanol–water partition coefficient (Wildman–Crippen LogP) is 4.28. The molecule has 0 spiro atoms. The molecule has 1 atom stereocenters. The van der Waals surface area contributed by atoms with E-state index in [0.29, 0.717) is 11.7 Å². The lowest BCUT2D eigenvalue weighted by Gasteiger charge is -2.31. The molecule has 3 rings (SSSR count). The lowest BCUT2D eigenvalue weighted by molar-refractivity contribution is -0.129. The maximum absolute atomic E-state index is 12.8. The summed E-state index contributed by atoms with van der Waals surface area (Å²) in [6.45, 7) is 6.42. The van der Waals surface area contributed by atoms with E-state index >= 15 is 0 Å². The van der Waals surface area contributed by atoms with Crippen molar-refractivity contribution in [1.29, 1.82) is 0 Å². The number of rotatable bonds is 4. The first kappa shape index (κ1) is 19.2. The Morgan fingerprint density at radius 2 is 1.96 bits per heavy atom. The van der Waals surface area contributed by atoms with Crippen molar-refractivity contribution in [2.24, 2.45) is 4.99 Å². The van der Waals surface area contributed by atoms with Gasteiger partial charge in [-0.25, -0.2) is 4.99 Å². The van der Waals surface area contributed by atoms with Crippen molar-refractivity contribution in [2.75, 3.05) is 11.9 Å². The Hall–Kier alpha value is -2.60. The average Bonchev–Trinajstić information content (AvgIpc) is 2.64. The molecule has 0 radical (unpaired) electrons. The molecule has 1 N–H and O–H groups in total. The van der Waals surface area contributed by atoms with Crippen LogP contribution < -0.4 is 5.32 Å². The zero-order valence-corrected chi connectivity index (χ0v) is 16.5. The highest BCUT2D eigenvalue weighted by Crippen LogP contribution is 2.30. The van der Waals surface area contributed by atoms with Crippen molar-refractivity contribution >= 4 is 40.1 Å². The van der Waals surface area contributed by atoms with Crippen LogP contribution in [0.3, 0.4) is 0 Å². The second kappa shape index (κ2) is 8.39. The van der Waals surface area contributed by atoms with Gasteiger partial charge in [0.1, 0.15) is 5.25 Å². The van der Waals surface area contributed by atoms with Gasteiger partial charge in [-0.15, -0.1) is 0 Å². The molecule has 1 saturated heterocycles. The van der Waals surface area contributed by atoms with Gasteiger partial charge in [0, 0.05) is 18.7 Å². The molecule has 1 aliphatic rings. The molecule has 1 aliphatic heterocycles. The van der Waals surface area contributed by atoms with E-state index in [9.17, 15) is 9.59 Å². The van der Waals surface area contributed by atoms with Crippen LogP contribution in [0, 0.1) is 13.8 Å². The highest BCUT2D eigenvalue weighted by molar-refractivity contribution is 8.15. The minimum atomic E-state index is -0.497. The number of hydrogen-bond acceptors (Lipinski definition) is 4. The third-order valence-corrected chi connectivity index (χ3v) is 5.56. The predicted molar refractivity (Wildman–Crippen MR) is 111 cm³/mol. The Morgan fingerprint density at radius 1 is 1.22 bits per heavy atom. The van der Waals surface area contributed by atoms with Gasteiger partial charge in [0.2, 0.25) is 11.8 Å². The number of nitrogens with one attached hydrogen (secondary N) is 1. The summed E-state index contributed by atoms with van der Waals surface area (Å²) in [6.07, 6.45) is 0.170. The van der Waals surface area contributed by atoms with Crippen LogP contribution in [-0.4, -0.2) is 33.7 Å². The Balaban J connectivity index is 1.81. The lowest BCUT2D eigenvalue weighted by Crippen LogP contribution is -2.45. The summed E-state index contributed by atoms with van der Waals surface area (Å²) >= 11 is 1.34. The molecule has 1 fully saturated rings. The molecular weight excluding hydrogens is 358 g/mol. The summed E-state index contributed by atoms with van der Waals surface area (Å²) < 4.78 is 0. The molecule has 1 unspecified atom stereocenters. The summed E-state index contributed by atoms with van der Waals surface area (Å²) in [7, 11) is 0. The maximum atomic E-state index is 12.8. The number of para-hydroxylation sites is 1. The number of hydrogen-bond donors (Lipinski definition) is 1. The van der Waals surface area contributed by atoms with E-state index in [4.69, 9.17) is 0 Å². The molecule has 0 bridgehead atoms. The molecule has 0 saturated carbocycles. The maximum Gasteiger partial charge on any atom is 0.238 e. The molecule has 2 amide bonds. The molecule has 0 aliphatic carbocycles. The van der Waals surface area contributed by atoms with Gasteiger partial charge < -0.3 is 5.32 Å². The number of anilines is 1. The zero-order chi connectivity index (χ0) is 19.4. The van der Waals surface area contributed by atoms with Crippen LogP contribution in [0.2, 0.25) is 0 Å². The molecule has 27 heavy (non-hydrogen) atoms. The fourth-order valence-electron chi connectivity index (χ4n) is 2.93. The van der Waals surface area contributed by atoms with Gasteiger partial charge in [0.25, 0.3) is 0 Å². The van der Waals surface area contributed by atoms with Crippen LogP contribution >= 0.6 is 11.8 Å². The molecule has 1 heterocycles. The number of amidine groups is 1. The molecule has 5 nitrogen and oxygen atoms in total. The van der Waals surface area contributed by atoms with Crippen LogP contribution in [0.15, 0.2) is 53.5 Å². The van der Waals surface area contributed by atoms with Crippen molar-refractivity contribution in [2.45, 2.75) is 32.4 Å². The summed E-state index contributed by atoms with van der Waals surface area (Å²) in [6, 6.07) is 15.4. The molecule has 0 aromatic heterocycles. The van der Waals surface area contributed by atoms with Crippen molar-refractivity contribution in [3.8, 4) is 0 Å². The van der Waals surface area contributed by atoms with Gasteiger partial charge in [0.15, 0.2) is 5.17 Å². The third-order valence-electron chi connectivity index (χ3n) is 4.37. The van der Waals surface area contributed by atoms with E-state index in [1.54, 1.807) is 4.90 Å². The van der Waals surface area contributed by atoms with Gasteiger partial charge in [-0.05, 0) is 44.5 Å². The van der Waals surface area contributed by atoms with Gasteiger partial charge in [-0.3, -0.25) is 14.5 Å². The Kier molecular flexibility index (Phi) is 5.96. The number of carbonyl (C=O) groups excluding carboxylic acids is 2. The van der Waals surface area contributed by atoms with E-state index in [2.05, 4.69) is 10.3 Å². The number of carbonyl (C=O) groups is 2. The molecule has 6 heteroatoms. The Morgan fingerprint density at radius 3 is 2.63 bits per heavy atom. The van der Waals surface area contributed by atoms with Crippen LogP contribution in [0.25, 0.3) is 0 Å². The molecule has 2 aromatic carbocycles.